The molecule has 0 aromatic carbocycles. The predicted molar refractivity (Wildman–Crippen MR) is 182 cm³/mol. The number of hydrogen-bond donors (Lipinski definition) is 0. The van der Waals surface area contributed by atoms with Crippen molar-refractivity contribution in [2.24, 2.45) is 9.98 Å². The minimum atomic E-state index is -1.11. The fraction of sp³-hybridized carbons (Fsp3) is 0.688. The van der Waals surface area contributed by atoms with Gasteiger partial charge in [0.2, 0.25) is 0 Å². The SMILES string of the molecule is CC(C)(C)N=Cc1ccc(C(C)(C)C)[n-]1.CC(C)(C)N=Cc1ccc(C(C)(C)C)[n-]1.C[Si](C)(C)[N-][Si](C)(C)C.[Dy+3]. The van der Waals surface area contributed by atoms with Crippen molar-refractivity contribution < 1.29 is 38.2 Å². The summed E-state index contributed by atoms with van der Waals surface area (Å²) in [7, 11) is -2.21. The summed E-state index contributed by atoms with van der Waals surface area (Å²) in [5.74, 6) is 0. The molecule has 0 spiro atoms. The predicted octanol–water partition coefficient (Wildman–Crippen LogP) is 9.35. The third-order valence-corrected chi connectivity index (χ3v) is 10.1. The molecule has 0 saturated carbocycles. The van der Waals surface area contributed by atoms with Crippen molar-refractivity contribution >= 4 is 28.9 Å². The van der Waals surface area contributed by atoms with Gasteiger partial charge in [0.1, 0.15) is 0 Å². The quantitative estimate of drug-likeness (QED) is 0.232. The molecule has 0 bridgehead atoms. The van der Waals surface area contributed by atoms with E-state index in [0.29, 0.717) is 0 Å². The molecule has 0 N–H and O–H groups in total. The molecular weight excluding hydrogens is 673 g/mol. The molecule has 0 unspecified atom stereocenters. The Morgan fingerprint density at radius 1 is 0.550 bits per heavy atom. The first kappa shape index (κ1) is 41.7. The Kier molecular flexibility index (Phi) is 16.5. The van der Waals surface area contributed by atoms with E-state index in [9.17, 15) is 0 Å². The van der Waals surface area contributed by atoms with E-state index in [0.717, 1.165) is 22.8 Å². The van der Waals surface area contributed by atoms with Gasteiger partial charge in [-0.15, -0.1) is 11.4 Å². The van der Waals surface area contributed by atoms with Crippen molar-refractivity contribution in [3.05, 3.63) is 51.7 Å². The van der Waals surface area contributed by atoms with Crippen LogP contribution in [0.15, 0.2) is 34.3 Å². The zero-order valence-corrected chi connectivity index (χ0v) is 33.0. The molecule has 8 heteroatoms. The van der Waals surface area contributed by atoms with E-state index < -0.39 is 16.5 Å². The van der Waals surface area contributed by atoms with Gasteiger partial charge in [0.05, 0.1) is 11.1 Å². The molecule has 0 fully saturated rings. The van der Waals surface area contributed by atoms with Crippen LogP contribution in [0.3, 0.4) is 0 Å². The van der Waals surface area contributed by atoms with E-state index in [1.165, 1.54) is 0 Å². The summed E-state index contributed by atoms with van der Waals surface area (Å²) >= 11 is 0. The van der Waals surface area contributed by atoms with Gasteiger partial charge >= 0.3 is 38.2 Å². The minimum absolute atomic E-state index is 0. The molecule has 1 radical (unpaired) electrons. The van der Waals surface area contributed by atoms with Gasteiger partial charge in [0, 0.05) is 12.4 Å². The summed E-state index contributed by atoms with van der Waals surface area (Å²) in [4.78, 5) is 17.9. The van der Waals surface area contributed by atoms with Gasteiger partial charge in [-0.25, -0.2) is 0 Å². The fourth-order valence-electron chi connectivity index (χ4n) is 3.26. The van der Waals surface area contributed by atoms with Crippen LogP contribution in [0.2, 0.25) is 39.3 Å². The second kappa shape index (κ2) is 15.9. The Labute approximate surface area is 280 Å². The Morgan fingerprint density at radius 2 is 0.825 bits per heavy atom. The minimum Gasteiger partial charge on any atom is -0.668 e. The summed E-state index contributed by atoms with van der Waals surface area (Å²) in [5.41, 5.74) is 4.34. The van der Waals surface area contributed by atoms with E-state index in [4.69, 9.17) is 4.65 Å². The largest absolute Gasteiger partial charge is 3.00 e. The maximum atomic E-state index is 4.82. The molecule has 231 valence electrons. The van der Waals surface area contributed by atoms with Gasteiger partial charge in [0.15, 0.2) is 0 Å². The zero-order valence-electron chi connectivity index (χ0n) is 29.0. The normalized spacial score (nSPS) is 13.4. The van der Waals surface area contributed by atoms with Crippen LogP contribution < -0.4 is 9.97 Å². The Morgan fingerprint density at radius 3 is 0.975 bits per heavy atom. The molecule has 0 saturated heterocycles. The van der Waals surface area contributed by atoms with Crippen molar-refractivity contribution in [1.82, 2.24) is 9.97 Å². The van der Waals surface area contributed by atoms with Gasteiger partial charge in [0.25, 0.3) is 0 Å². The van der Waals surface area contributed by atoms with Crippen molar-refractivity contribution in [2.45, 2.75) is 144 Å². The standard InChI is InChI=1S/2C13H21N2.C6H18NSi2.Dy/c2*1-12(2,3)11-8-7-10(15-11)9-14-13(4,5)6;1-8(2,3)7-9(4,5)6;/h2*7-9H,1-6H3;1-6H3;/q3*-1;+3. The monoisotopic (exact) mass is 734 g/mol. The van der Waals surface area contributed by atoms with Crippen LogP contribution >= 0.6 is 0 Å². The summed E-state index contributed by atoms with van der Waals surface area (Å²) in [6, 6.07) is 8.19. The average Bonchev–Trinajstić information content (AvgIpc) is 3.31. The van der Waals surface area contributed by atoms with E-state index >= 15 is 0 Å². The van der Waals surface area contributed by atoms with Crippen molar-refractivity contribution in [2.75, 3.05) is 0 Å². The molecule has 40 heavy (non-hydrogen) atoms. The molecule has 0 amide bonds. The summed E-state index contributed by atoms with van der Waals surface area (Å²) in [6.07, 6.45) is 3.71. The summed E-state index contributed by atoms with van der Waals surface area (Å²) in [5, 5.41) is 0. The van der Waals surface area contributed by atoms with E-state index in [1.807, 2.05) is 24.6 Å². The summed E-state index contributed by atoms with van der Waals surface area (Å²) in [6.45, 7) is 39.3. The van der Waals surface area contributed by atoms with Crippen LogP contribution in [-0.2, 0) is 10.8 Å². The van der Waals surface area contributed by atoms with Crippen LogP contribution in [0, 0.1) is 38.2 Å². The van der Waals surface area contributed by atoms with Gasteiger partial charge in [-0.3, -0.25) is 9.98 Å². The molecule has 2 heterocycles. The molecule has 2 rings (SSSR count). The van der Waals surface area contributed by atoms with E-state index in [1.54, 1.807) is 0 Å². The number of nitrogens with zero attached hydrogens (tertiary/aromatic N) is 5. The topological polar surface area (TPSA) is 67.0 Å². The Hall–Kier alpha value is -0.434. The molecule has 5 nitrogen and oxygen atoms in total. The first-order valence-electron chi connectivity index (χ1n) is 14.2. The third kappa shape index (κ3) is 22.2. The molecule has 0 aliphatic heterocycles. The maximum Gasteiger partial charge on any atom is 3.00 e. The molecule has 0 atom stereocenters. The van der Waals surface area contributed by atoms with Crippen LogP contribution in [-0.4, -0.2) is 40.0 Å². The van der Waals surface area contributed by atoms with Crippen molar-refractivity contribution in [3.8, 4) is 0 Å². The van der Waals surface area contributed by atoms with Crippen molar-refractivity contribution in [1.29, 1.82) is 0 Å². The zero-order chi connectivity index (χ0) is 31.1. The number of aromatic nitrogens is 2. The average molecular weight is 734 g/mol. The molecule has 0 aliphatic rings. The van der Waals surface area contributed by atoms with Gasteiger partial charge in [-0.2, -0.15) is 11.4 Å². The first-order valence-corrected chi connectivity index (χ1v) is 21.1. The van der Waals surface area contributed by atoms with Crippen LogP contribution in [0.1, 0.15) is 106 Å². The van der Waals surface area contributed by atoms with Crippen LogP contribution in [0.5, 0.6) is 0 Å². The smallest absolute Gasteiger partial charge is 0.668 e. The van der Waals surface area contributed by atoms with Gasteiger partial charge in [-0.05, 0) is 52.4 Å². The van der Waals surface area contributed by atoms with E-state index in [-0.39, 0.29) is 60.1 Å². The third-order valence-electron chi connectivity index (χ3n) is 4.70. The number of aliphatic imine (C=N–C) groups is 2. The maximum absolute atomic E-state index is 4.82. The first-order chi connectivity index (χ1) is 17.1. The van der Waals surface area contributed by atoms with Gasteiger partial charge < -0.3 is 14.6 Å². The fourth-order valence-corrected chi connectivity index (χ4v) is 11.3. The van der Waals surface area contributed by atoms with E-state index in [2.05, 4.69) is 154 Å². The Balaban J connectivity index is 0. The second-order valence-electron chi connectivity index (χ2n) is 16.3. The van der Waals surface area contributed by atoms with Crippen LogP contribution in [0.4, 0.5) is 0 Å². The van der Waals surface area contributed by atoms with Gasteiger partial charge in [-0.1, -0.05) is 122 Å². The van der Waals surface area contributed by atoms with Crippen LogP contribution in [0.25, 0.3) is 4.65 Å². The Bertz CT molecular complexity index is 955. The van der Waals surface area contributed by atoms with Crippen molar-refractivity contribution in [3.63, 3.8) is 0 Å². The molecule has 0 aliphatic carbocycles. The summed E-state index contributed by atoms with van der Waals surface area (Å²) < 4.78 is 4.82. The second-order valence-corrected chi connectivity index (χ2v) is 25.9. The number of hydrogen-bond acceptors (Lipinski definition) is 2. The molecule has 2 aromatic heterocycles. The molecular formula is C32H60DyN5Si2. The number of rotatable bonds is 4. The molecule has 2 aromatic rings.